The van der Waals surface area contributed by atoms with Crippen LogP contribution in [-0.2, 0) is 10.5 Å². The molecule has 146 valence electrons. The lowest BCUT2D eigenvalue weighted by atomic mass is 10.1. The second-order valence-electron chi connectivity index (χ2n) is 6.73. The van der Waals surface area contributed by atoms with Crippen LogP contribution >= 0.6 is 11.8 Å². The molecule has 4 rings (SSSR count). The van der Waals surface area contributed by atoms with Gasteiger partial charge >= 0.3 is 5.97 Å². The minimum atomic E-state index is -0.552. The predicted molar refractivity (Wildman–Crippen MR) is 105 cm³/mol. The van der Waals surface area contributed by atoms with Gasteiger partial charge in [-0.15, -0.1) is 0 Å². The first-order valence-electron chi connectivity index (χ1n) is 9.12. The van der Waals surface area contributed by atoms with Crippen molar-refractivity contribution in [3.8, 4) is 5.88 Å². The number of fused-ring (bicyclic) bond motifs is 1. The maximum Gasteiger partial charge on any atom is 0.374 e. The number of carbonyl (C=O) groups excluding carboxylic acids is 1. The minimum Gasteiger partial charge on any atom is -0.493 e. The number of thioether (sulfide) groups is 1. The Hall–Kier alpha value is -2.74. The summed E-state index contributed by atoms with van der Waals surface area (Å²) in [6, 6.07) is 8.60. The number of benzene rings is 1. The SMILES string of the molecule is COC(=O)c1oc2ccccc2c1CSc1nc(O)cc(=O)n1C1CCCC1. The van der Waals surface area contributed by atoms with Gasteiger partial charge in [-0.2, -0.15) is 4.98 Å². The molecule has 1 saturated carbocycles. The Morgan fingerprint density at radius 2 is 2.11 bits per heavy atom. The molecule has 0 unspecified atom stereocenters. The summed E-state index contributed by atoms with van der Waals surface area (Å²) in [5, 5.41) is 11.1. The second kappa shape index (κ2) is 7.71. The van der Waals surface area contributed by atoms with Crippen LogP contribution in [0.25, 0.3) is 11.0 Å². The molecule has 0 radical (unpaired) electrons. The van der Waals surface area contributed by atoms with Gasteiger partial charge in [-0.05, 0) is 18.9 Å². The number of carbonyl (C=O) groups is 1. The summed E-state index contributed by atoms with van der Waals surface area (Å²) in [6.07, 6.45) is 3.98. The summed E-state index contributed by atoms with van der Waals surface area (Å²) in [7, 11) is 1.31. The fraction of sp³-hybridized carbons (Fsp3) is 0.350. The van der Waals surface area contributed by atoms with Gasteiger partial charge in [0, 0.05) is 22.7 Å². The Balaban J connectivity index is 1.72. The molecule has 0 bridgehead atoms. The van der Waals surface area contributed by atoms with Crippen molar-refractivity contribution in [3.05, 3.63) is 52.0 Å². The van der Waals surface area contributed by atoms with Crippen LogP contribution in [0.5, 0.6) is 5.88 Å². The monoisotopic (exact) mass is 400 g/mol. The highest BCUT2D eigenvalue weighted by molar-refractivity contribution is 7.98. The van der Waals surface area contributed by atoms with Crippen molar-refractivity contribution < 1.29 is 19.1 Å². The zero-order chi connectivity index (χ0) is 19.7. The number of furan rings is 1. The van der Waals surface area contributed by atoms with E-state index < -0.39 is 5.97 Å². The molecule has 1 aromatic carbocycles. The number of ether oxygens (including phenoxy) is 1. The van der Waals surface area contributed by atoms with Gasteiger partial charge < -0.3 is 14.3 Å². The fourth-order valence-electron chi connectivity index (χ4n) is 3.70. The molecule has 1 aliphatic rings. The average Bonchev–Trinajstić information content (AvgIpc) is 3.33. The van der Waals surface area contributed by atoms with Crippen molar-refractivity contribution in [3.63, 3.8) is 0 Å². The number of rotatable bonds is 5. The van der Waals surface area contributed by atoms with Crippen LogP contribution < -0.4 is 5.56 Å². The van der Waals surface area contributed by atoms with Crippen LogP contribution in [-0.4, -0.2) is 27.7 Å². The van der Waals surface area contributed by atoms with E-state index in [1.54, 1.807) is 10.6 Å². The molecule has 1 fully saturated rings. The molecule has 2 heterocycles. The molecule has 1 aliphatic carbocycles. The number of hydrogen-bond acceptors (Lipinski definition) is 7. The first kappa shape index (κ1) is 18.6. The highest BCUT2D eigenvalue weighted by Gasteiger charge is 2.25. The number of methoxy groups -OCH3 is 1. The zero-order valence-electron chi connectivity index (χ0n) is 15.4. The standard InChI is InChI=1S/C20H20N2O5S/c1-26-19(25)18-14(13-8-4-5-9-15(13)27-18)11-28-20-21-16(23)10-17(24)22(20)12-6-2-3-7-12/h4-5,8-10,12,23H,2-3,6-7,11H2,1H3. The third-order valence-corrected chi connectivity index (χ3v) is 5.99. The average molecular weight is 400 g/mol. The lowest BCUT2D eigenvalue weighted by Gasteiger charge is -2.17. The van der Waals surface area contributed by atoms with Gasteiger partial charge in [0.2, 0.25) is 11.6 Å². The van der Waals surface area contributed by atoms with E-state index in [2.05, 4.69) is 4.98 Å². The van der Waals surface area contributed by atoms with E-state index in [-0.39, 0.29) is 23.2 Å². The Bertz CT molecular complexity index is 1080. The van der Waals surface area contributed by atoms with Gasteiger partial charge in [-0.3, -0.25) is 9.36 Å². The predicted octanol–water partition coefficient (Wildman–Crippen LogP) is 3.89. The van der Waals surface area contributed by atoms with Crippen LogP contribution in [0, 0.1) is 0 Å². The summed E-state index contributed by atoms with van der Waals surface area (Å²) in [5.74, 6) is -0.355. The summed E-state index contributed by atoms with van der Waals surface area (Å²) in [4.78, 5) is 28.9. The topological polar surface area (TPSA) is 94.6 Å². The van der Waals surface area contributed by atoms with Gasteiger partial charge in [0.1, 0.15) is 5.58 Å². The summed E-state index contributed by atoms with van der Waals surface area (Å²) in [5.41, 5.74) is 1.02. The maximum absolute atomic E-state index is 12.5. The van der Waals surface area contributed by atoms with E-state index in [9.17, 15) is 14.7 Å². The third kappa shape index (κ3) is 3.40. The Labute approximate surface area is 165 Å². The van der Waals surface area contributed by atoms with E-state index in [0.29, 0.717) is 22.1 Å². The minimum absolute atomic E-state index is 0.0873. The Morgan fingerprint density at radius 3 is 2.86 bits per heavy atom. The second-order valence-corrected chi connectivity index (χ2v) is 7.67. The Kier molecular flexibility index (Phi) is 5.13. The maximum atomic E-state index is 12.5. The van der Waals surface area contributed by atoms with Crippen molar-refractivity contribution in [1.82, 2.24) is 9.55 Å². The van der Waals surface area contributed by atoms with Crippen molar-refractivity contribution in [2.24, 2.45) is 0 Å². The molecular weight excluding hydrogens is 380 g/mol. The molecule has 8 heteroatoms. The van der Waals surface area contributed by atoms with Crippen LogP contribution in [0.3, 0.4) is 0 Å². The Morgan fingerprint density at radius 1 is 1.36 bits per heavy atom. The highest BCUT2D eigenvalue weighted by Crippen LogP contribution is 2.35. The normalized spacial score (nSPS) is 14.6. The first-order valence-corrected chi connectivity index (χ1v) is 10.1. The molecule has 28 heavy (non-hydrogen) atoms. The molecular formula is C20H20N2O5S. The van der Waals surface area contributed by atoms with Crippen LogP contribution in [0.2, 0.25) is 0 Å². The smallest absolute Gasteiger partial charge is 0.374 e. The summed E-state index contributed by atoms with van der Waals surface area (Å²) in [6.45, 7) is 0. The molecule has 0 atom stereocenters. The number of hydrogen-bond donors (Lipinski definition) is 1. The molecule has 0 spiro atoms. The third-order valence-electron chi connectivity index (χ3n) is 5.01. The summed E-state index contributed by atoms with van der Waals surface area (Å²) < 4.78 is 12.2. The summed E-state index contributed by atoms with van der Waals surface area (Å²) >= 11 is 1.30. The number of para-hydroxylation sites is 1. The van der Waals surface area contributed by atoms with Crippen LogP contribution in [0.4, 0.5) is 0 Å². The van der Waals surface area contributed by atoms with Gasteiger partial charge in [-0.25, -0.2) is 4.79 Å². The molecule has 2 aromatic heterocycles. The molecule has 3 aromatic rings. The fourth-order valence-corrected chi connectivity index (χ4v) is 4.79. The van der Waals surface area contributed by atoms with Crippen molar-refractivity contribution >= 4 is 28.7 Å². The number of esters is 1. The largest absolute Gasteiger partial charge is 0.493 e. The zero-order valence-corrected chi connectivity index (χ0v) is 16.2. The van der Waals surface area contributed by atoms with Gasteiger partial charge in [0.05, 0.1) is 13.2 Å². The van der Waals surface area contributed by atoms with Crippen molar-refractivity contribution in [1.29, 1.82) is 0 Å². The van der Waals surface area contributed by atoms with Crippen molar-refractivity contribution in [2.75, 3.05) is 7.11 Å². The van der Waals surface area contributed by atoms with E-state index in [1.165, 1.54) is 18.9 Å². The van der Waals surface area contributed by atoms with E-state index >= 15 is 0 Å². The molecule has 0 amide bonds. The molecule has 0 aliphatic heterocycles. The van der Waals surface area contributed by atoms with Crippen molar-refractivity contribution in [2.45, 2.75) is 42.6 Å². The van der Waals surface area contributed by atoms with Gasteiger partial charge in [0.25, 0.3) is 5.56 Å². The lowest BCUT2D eigenvalue weighted by molar-refractivity contribution is 0.0566. The quantitative estimate of drug-likeness (QED) is 0.394. The van der Waals surface area contributed by atoms with E-state index in [4.69, 9.17) is 9.15 Å². The molecule has 0 saturated heterocycles. The first-order chi connectivity index (χ1) is 13.6. The lowest BCUT2D eigenvalue weighted by Crippen LogP contribution is -2.25. The van der Waals surface area contributed by atoms with E-state index in [1.807, 2.05) is 18.2 Å². The number of nitrogens with zero attached hydrogens (tertiary/aromatic N) is 2. The van der Waals surface area contributed by atoms with Crippen LogP contribution in [0.15, 0.2) is 44.7 Å². The van der Waals surface area contributed by atoms with Gasteiger partial charge in [-0.1, -0.05) is 42.8 Å². The number of aromatic hydroxyl groups is 1. The highest BCUT2D eigenvalue weighted by atomic mass is 32.2. The van der Waals surface area contributed by atoms with E-state index in [0.717, 1.165) is 37.1 Å². The van der Waals surface area contributed by atoms with Crippen LogP contribution in [0.1, 0.15) is 47.8 Å². The van der Waals surface area contributed by atoms with Gasteiger partial charge in [0.15, 0.2) is 5.16 Å². The molecule has 1 N–H and O–H groups in total. The molecule has 7 nitrogen and oxygen atoms in total. The number of aromatic nitrogens is 2.